The van der Waals surface area contributed by atoms with Gasteiger partial charge in [0.25, 0.3) is 0 Å². The van der Waals surface area contributed by atoms with Crippen molar-refractivity contribution in [1.29, 1.82) is 0 Å². The number of rotatable bonds is 5. The van der Waals surface area contributed by atoms with E-state index in [2.05, 4.69) is 158 Å². The summed E-state index contributed by atoms with van der Waals surface area (Å²) in [5, 5.41) is 6.33. The Morgan fingerprint density at radius 2 is 1.39 bits per heavy atom. The number of hydrogen-bond acceptors (Lipinski definition) is 0. The number of nitrogens with zero attached hydrogens (tertiary/aromatic N) is 2. The van der Waals surface area contributed by atoms with E-state index in [-0.39, 0.29) is 0 Å². The predicted octanol–water partition coefficient (Wildman–Crippen LogP) is 11.0. The minimum absolute atomic E-state index is 1.12. The summed E-state index contributed by atoms with van der Waals surface area (Å²) in [6.07, 6.45) is 12.7. The topological polar surface area (TPSA) is 9.34 Å². The Bertz CT molecular complexity index is 2250. The van der Waals surface area contributed by atoms with Crippen LogP contribution in [0.3, 0.4) is 0 Å². The van der Waals surface area contributed by atoms with E-state index in [1.54, 1.807) is 0 Å². The number of fused-ring (bicyclic) bond motifs is 10. The predicted molar refractivity (Wildman–Crippen MR) is 180 cm³/mol. The van der Waals surface area contributed by atoms with Gasteiger partial charge in [0, 0.05) is 38.2 Å². The molecule has 0 aliphatic heterocycles. The summed E-state index contributed by atoms with van der Waals surface area (Å²) in [7, 11) is 0. The van der Waals surface area contributed by atoms with Gasteiger partial charge in [-0.15, -0.1) is 0 Å². The Morgan fingerprint density at radius 3 is 2.12 bits per heavy atom. The molecule has 198 valence electrons. The highest BCUT2D eigenvalue weighted by molar-refractivity contribution is 6.30. The smallest absolute Gasteiger partial charge is 0.0547 e. The Morgan fingerprint density at radius 1 is 0.659 bits per heavy atom. The summed E-state index contributed by atoms with van der Waals surface area (Å²) < 4.78 is 4.79. The molecule has 2 nitrogen and oxygen atoms in total. The Hall–Kier alpha value is -5.08. The molecule has 3 aromatic heterocycles. The van der Waals surface area contributed by atoms with Crippen molar-refractivity contribution in [3.05, 3.63) is 139 Å². The maximum atomic E-state index is 4.18. The number of benzene rings is 4. The van der Waals surface area contributed by atoms with Crippen LogP contribution in [0.4, 0.5) is 0 Å². The molecular formula is C39H32N2. The van der Waals surface area contributed by atoms with Gasteiger partial charge in [0.05, 0.1) is 27.8 Å². The monoisotopic (exact) mass is 528 g/mol. The number of hydrogen-bond donors (Lipinski definition) is 0. The molecule has 0 aliphatic rings. The van der Waals surface area contributed by atoms with Crippen molar-refractivity contribution in [2.24, 2.45) is 0 Å². The van der Waals surface area contributed by atoms with Gasteiger partial charge in [0.15, 0.2) is 0 Å². The fourth-order valence-corrected chi connectivity index (χ4v) is 6.60. The van der Waals surface area contributed by atoms with E-state index in [0.29, 0.717) is 0 Å². The molecular weight excluding hydrogens is 496 g/mol. The molecule has 0 unspecified atom stereocenters. The highest BCUT2D eigenvalue weighted by atomic mass is 15.0. The van der Waals surface area contributed by atoms with E-state index in [0.717, 1.165) is 11.4 Å². The van der Waals surface area contributed by atoms with Gasteiger partial charge >= 0.3 is 0 Å². The van der Waals surface area contributed by atoms with Gasteiger partial charge in [-0.2, -0.15) is 0 Å². The van der Waals surface area contributed by atoms with Gasteiger partial charge in [-0.25, -0.2) is 0 Å². The fraction of sp³-hybridized carbons (Fsp3) is 0.0769. The molecule has 3 heterocycles. The third kappa shape index (κ3) is 3.64. The van der Waals surface area contributed by atoms with Crippen LogP contribution >= 0.6 is 0 Å². The van der Waals surface area contributed by atoms with Gasteiger partial charge in [-0.05, 0) is 74.4 Å². The Labute approximate surface area is 240 Å². The summed E-state index contributed by atoms with van der Waals surface area (Å²) in [6.45, 7) is 10.4. The van der Waals surface area contributed by atoms with Crippen LogP contribution in [0.2, 0.25) is 0 Å². The van der Waals surface area contributed by atoms with E-state index < -0.39 is 0 Å². The first-order chi connectivity index (χ1) is 20.2. The standard InChI is InChI=1S/C39H32N2/c1-5-14-26(7-3)27-16-13-17-29(24-27)40-34-20-11-10-19-31(34)39-36(40)23-22-32-37-25-28(15-6-2)33(8-4)41(37)35-21-12-9-18-30(35)38(32)39/h5-25H,4H2,1-3H3/b14-5-,15-6-,26-7+. The van der Waals surface area contributed by atoms with Crippen molar-refractivity contribution in [3.8, 4) is 5.69 Å². The lowest BCUT2D eigenvalue weighted by molar-refractivity contribution is 1.18. The van der Waals surface area contributed by atoms with Crippen molar-refractivity contribution < 1.29 is 0 Å². The van der Waals surface area contributed by atoms with E-state index in [1.807, 2.05) is 6.08 Å². The van der Waals surface area contributed by atoms with E-state index in [1.165, 1.54) is 65.7 Å². The molecule has 0 spiro atoms. The van der Waals surface area contributed by atoms with Gasteiger partial charge < -0.3 is 8.97 Å². The van der Waals surface area contributed by atoms with Gasteiger partial charge in [0.2, 0.25) is 0 Å². The van der Waals surface area contributed by atoms with Crippen LogP contribution in [0, 0.1) is 0 Å². The van der Waals surface area contributed by atoms with Crippen LogP contribution < -0.4 is 0 Å². The summed E-state index contributed by atoms with van der Waals surface area (Å²) in [5.74, 6) is 0. The molecule has 0 aliphatic carbocycles. The highest BCUT2D eigenvalue weighted by Gasteiger charge is 2.20. The fourth-order valence-electron chi connectivity index (χ4n) is 6.60. The van der Waals surface area contributed by atoms with Gasteiger partial charge in [0.1, 0.15) is 0 Å². The second-order valence-electron chi connectivity index (χ2n) is 10.5. The van der Waals surface area contributed by atoms with Crippen LogP contribution in [0.1, 0.15) is 37.6 Å². The molecule has 2 heteroatoms. The normalized spacial score (nSPS) is 12.8. The Balaban J connectivity index is 1.67. The summed E-state index contributed by atoms with van der Waals surface area (Å²) in [5.41, 5.74) is 10.7. The molecule has 0 saturated carbocycles. The average molecular weight is 529 g/mol. The molecule has 0 fully saturated rings. The second kappa shape index (κ2) is 9.83. The Kier molecular flexibility index (Phi) is 5.98. The lowest BCUT2D eigenvalue weighted by atomic mass is 9.99. The summed E-state index contributed by atoms with van der Waals surface area (Å²) >= 11 is 0. The third-order valence-corrected chi connectivity index (χ3v) is 8.23. The molecule has 0 radical (unpaired) electrons. The molecule has 41 heavy (non-hydrogen) atoms. The number of pyridine rings is 1. The van der Waals surface area contributed by atoms with E-state index >= 15 is 0 Å². The van der Waals surface area contributed by atoms with Crippen LogP contribution in [-0.2, 0) is 0 Å². The zero-order valence-electron chi connectivity index (χ0n) is 23.7. The molecule has 4 aromatic carbocycles. The molecule has 0 N–H and O–H groups in total. The quantitative estimate of drug-likeness (QED) is 0.155. The van der Waals surface area contributed by atoms with Crippen LogP contribution in [0.15, 0.2) is 122 Å². The number of aromatic nitrogens is 2. The van der Waals surface area contributed by atoms with Crippen molar-refractivity contribution in [2.75, 3.05) is 0 Å². The van der Waals surface area contributed by atoms with E-state index in [9.17, 15) is 0 Å². The van der Waals surface area contributed by atoms with Crippen molar-refractivity contribution in [3.63, 3.8) is 0 Å². The molecule has 0 bridgehead atoms. The first kappa shape index (κ1) is 24.9. The highest BCUT2D eigenvalue weighted by Crippen LogP contribution is 2.42. The first-order valence-corrected chi connectivity index (χ1v) is 14.3. The van der Waals surface area contributed by atoms with Crippen molar-refractivity contribution in [2.45, 2.75) is 20.8 Å². The van der Waals surface area contributed by atoms with E-state index in [4.69, 9.17) is 0 Å². The molecule has 7 aromatic rings. The SMILES string of the molecule is C=Cc1c(/C=C\C)cc2c3ccc4c(c5ccccc5n4-c4cccc(C(/C=C\C)=C/C)c4)c3c3ccccc3n12. The van der Waals surface area contributed by atoms with Crippen LogP contribution in [-0.4, -0.2) is 8.97 Å². The molecule has 0 saturated heterocycles. The third-order valence-electron chi connectivity index (χ3n) is 8.23. The largest absolute Gasteiger partial charge is 0.309 e. The summed E-state index contributed by atoms with van der Waals surface area (Å²) in [6, 6.07) is 33.4. The van der Waals surface area contributed by atoms with Crippen LogP contribution in [0.25, 0.3) is 72.4 Å². The maximum absolute atomic E-state index is 4.18. The lowest BCUT2D eigenvalue weighted by Gasteiger charge is -2.13. The minimum Gasteiger partial charge on any atom is -0.309 e. The lowest BCUT2D eigenvalue weighted by Crippen LogP contribution is -1.96. The number of para-hydroxylation sites is 2. The van der Waals surface area contributed by atoms with Gasteiger partial charge in [-0.3, -0.25) is 0 Å². The minimum atomic E-state index is 1.12. The number of allylic oxidation sites excluding steroid dienone is 5. The molecule has 7 rings (SSSR count). The van der Waals surface area contributed by atoms with Crippen LogP contribution in [0.5, 0.6) is 0 Å². The average Bonchev–Trinajstić information content (AvgIpc) is 3.56. The zero-order valence-corrected chi connectivity index (χ0v) is 23.7. The zero-order chi connectivity index (χ0) is 28.1. The maximum Gasteiger partial charge on any atom is 0.0547 e. The first-order valence-electron chi connectivity index (χ1n) is 14.3. The molecule has 0 atom stereocenters. The second-order valence-corrected chi connectivity index (χ2v) is 10.5. The molecule has 0 amide bonds. The van der Waals surface area contributed by atoms with Crippen molar-refractivity contribution >= 4 is 66.7 Å². The van der Waals surface area contributed by atoms with Crippen molar-refractivity contribution in [1.82, 2.24) is 8.97 Å². The van der Waals surface area contributed by atoms with Gasteiger partial charge in [-0.1, -0.05) is 91.6 Å². The summed E-state index contributed by atoms with van der Waals surface area (Å²) in [4.78, 5) is 0.